The lowest BCUT2D eigenvalue weighted by molar-refractivity contribution is -0.438. The molecule has 0 atom stereocenters. The van der Waals surface area contributed by atoms with Crippen LogP contribution in [0.2, 0.25) is 0 Å². The molecule has 0 saturated carbocycles. The van der Waals surface area contributed by atoms with Crippen LogP contribution in [0.3, 0.4) is 0 Å². The first-order chi connectivity index (χ1) is 12.3. The minimum Gasteiger partial charge on any atom is -0.450 e. The Balaban J connectivity index is 0. The van der Waals surface area contributed by atoms with E-state index in [0.717, 1.165) is 0 Å². The molecule has 0 unspecified atom stereocenters. The van der Waals surface area contributed by atoms with Crippen LogP contribution < -0.4 is 9.78 Å². The zero-order chi connectivity index (χ0) is 20.2. The van der Waals surface area contributed by atoms with E-state index in [2.05, 4.69) is 19.9 Å². The van der Waals surface area contributed by atoms with Gasteiger partial charge in [-0.2, -0.15) is 0 Å². The van der Waals surface area contributed by atoms with Crippen LogP contribution in [0.4, 0.5) is 9.59 Å². The van der Waals surface area contributed by atoms with Gasteiger partial charge in [-0.25, -0.2) is 20.1 Å². The van der Waals surface area contributed by atoms with Gasteiger partial charge >= 0.3 is 12.3 Å². The SMILES string of the molecule is O=C(O)O.O=C(O)O.OOOc1ccccc1.OOOc1ccccc1. The largest absolute Gasteiger partial charge is 0.503 e. The molecule has 0 spiro atoms. The summed E-state index contributed by atoms with van der Waals surface area (Å²) >= 11 is 0. The van der Waals surface area contributed by atoms with Gasteiger partial charge in [-0.1, -0.05) is 36.4 Å². The maximum Gasteiger partial charge on any atom is 0.503 e. The van der Waals surface area contributed by atoms with Gasteiger partial charge in [0, 0.05) is 0 Å². The zero-order valence-electron chi connectivity index (χ0n) is 12.9. The van der Waals surface area contributed by atoms with Gasteiger partial charge in [-0.05, 0) is 34.3 Å². The van der Waals surface area contributed by atoms with Gasteiger partial charge in [-0.15, -0.1) is 0 Å². The van der Waals surface area contributed by atoms with Crippen LogP contribution in [-0.4, -0.2) is 43.3 Å². The number of benzene rings is 2. The third kappa shape index (κ3) is 22.7. The van der Waals surface area contributed by atoms with E-state index in [0.29, 0.717) is 11.5 Å². The van der Waals surface area contributed by atoms with Crippen molar-refractivity contribution in [2.24, 2.45) is 0 Å². The van der Waals surface area contributed by atoms with E-state index in [-0.39, 0.29) is 0 Å². The Kier molecular flexibility index (Phi) is 16.9. The Hall–Kier alpha value is -3.58. The van der Waals surface area contributed by atoms with Crippen molar-refractivity contribution in [1.29, 1.82) is 0 Å². The average Bonchev–Trinajstić information content (AvgIpc) is 2.57. The van der Waals surface area contributed by atoms with Gasteiger partial charge in [-0.3, -0.25) is 0 Å². The lowest BCUT2D eigenvalue weighted by Crippen LogP contribution is -1.89. The first-order valence-corrected chi connectivity index (χ1v) is 6.23. The highest BCUT2D eigenvalue weighted by molar-refractivity contribution is 5.53. The first-order valence-electron chi connectivity index (χ1n) is 6.23. The van der Waals surface area contributed by atoms with Gasteiger partial charge in [0.25, 0.3) is 0 Å². The number of hydrogen-bond acceptors (Lipinski definition) is 8. The van der Waals surface area contributed by atoms with Crippen molar-refractivity contribution in [3.63, 3.8) is 0 Å². The van der Waals surface area contributed by atoms with E-state index in [1.165, 1.54) is 0 Å². The van der Waals surface area contributed by atoms with Crippen LogP contribution in [-0.2, 0) is 10.1 Å². The van der Waals surface area contributed by atoms with Crippen molar-refractivity contribution in [3.8, 4) is 11.5 Å². The summed E-state index contributed by atoms with van der Waals surface area (Å²) < 4.78 is 0. The second-order valence-electron chi connectivity index (χ2n) is 3.51. The predicted molar refractivity (Wildman–Crippen MR) is 82.9 cm³/mol. The second-order valence-corrected chi connectivity index (χ2v) is 3.51. The molecule has 144 valence electrons. The minimum absolute atomic E-state index is 0.472. The Labute approximate surface area is 145 Å². The van der Waals surface area contributed by atoms with Gasteiger partial charge in [0.15, 0.2) is 11.5 Å². The molecule has 0 fully saturated rings. The number of carbonyl (C=O) groups is 2. The molecule has 0 heterocycles. The van der Waals surface area contributed by atoms with Crippen molar-refractivity contribution in [1.82, 2.24) is 0 Å². The standard InChI is InChI=1S/2C6H6O3.2CH2O3/c2*7-9-8-6-4-2-1-3-5-6;2*2-1(3)4/h2*1-5,7H;2*(H2,2,3,4). The lowest BCUT2D eigenvalue weighted by Gasteiger charge is -1.94. The lowest BCUT2D eigenvalue weighted by atomic mass is 10.3. The smallest absolute Gasteiger partial charge is 0.450 e. The molecule has 0 radical (unpaired) electrons. The number of rotatable bonds is 4. The third-order valence-electron chi connectivity index (χ3n) is 1.75. The quantitative estimate of drug-likeness (QED) is 0.337. The Morgan fingerprint density at radius 2 is 0.808 bits per heavy atom. The highest BCUT2D eigenvalue weighted by atomic mass is 17.5. The molecule has 26 heavy (non-hydrogen) atoms. The molecule has 6 N–H and O–H groups in total. The summed E-state index contributed by atoms with van der Waals surface area (Å²) in [6.45, 7) is 0. The molecule has 2 rings (SSSR count). The molecule has 12 heteroatoms. The number of carboxylic acid groups (broad SMARTS) is 4. The number of hydrogen-bond donors (Lipinski definition) is 6. The van der Waals surface area contributed by atoms with Crippen molar-refractivity contribution >= 4 is 12.3 Å². The van der Waals surface area contributed by atoms with Crippen molar-refractivity contribution in [2.75, 3.05) is 0 Å². The molecule has 0 amide bonds. The summed E-state index contributed by atoms with van der Waals surface area (Å²) in [6, 6.07) is 17.4. The summed E-state index contributed by atoms with van der Waals surface area (Å²) in [4.78, 5) is 25.6. The maximum atomic E-state index is 8.56. The highest BCUT2D eigenvalue weighted by Crippen LogP contribution is 2.07. The molecule has 2 aromatic carbocycles. The van der Waals surface area contributed by atoms with Crippen LogP contribution in [0, 0.1) is 0 Å². The Bertz CT molecular complexity index is 513. The first kappa shape index (κ1) is 24.7. The van der Waals surface area contributed by atoms with Crippen molar-refractivity contribution in [3.05, 3.63) is 60.7 Å². The fraction of sp³-hybridized carbons (Fsp3) is 0. The topological polar surface area (TPSA) is 192 Å². The van der Waals surface area contributed by atoms with Gasteiger partial charge < -0.3 is 30.2 Å². The molecule has 0 saturated heterocycles. The average molecular weight is 376 g/mol. The minimum atomic E-state index is -1.83. The molecule has 0 aliphatic carbocycles. The Morgan fingerprint density at radius 3 is 1.00 bits per heavy atom. The maximum absolute atomic E-state index is 8.56. The molecule has 12 nitrogen and oxygen atoms in total. The molecule has 0 bridgehead atoms. The van der Waals surface area contributed by atoms with Crippen LogP contribution in [0.25, 0.3) is 0 Å². The molecular formula is C14H16O12. The van der Waals surface area contributed by atoms with Gasteiger partial charge in [0.2, 0.25) is 0 Å². The van der Waals surface area contributed by atoms with E-state index in [1.807, 2.05) is 12.1 Å². The summed E-state index contributed by atoms with van der Waals surface area (Å²) in [5.74, 6) is 0.944. The van der Waals surface area contributed by atoms with Crippen molar-refractivity contribution in [2.45, 2.75) is 0 Å². The molecule has 0 aliphatic heterocycles. The summed E-state index contributed by atoms with van der Waals surface area (Å²) in [5.41, 5.74) is 0. The van der Waals surface area contributed by atoms with Gasteiger partial charge in [0.05, 0.1) is 0 Å². The fourth-order valence-electron chi connectivity index (χ4n) is 1.04. The van der Waals surface area contributed by atoms with Crippen LogP contribution in [0.15, 0.2) is 60.7 Å². The van der Waals surface area contributed by atoms with Crippen LogP contribution >= 0.6 is 0 Å². The van der Waals surface area contributed by atoms with Crippen LogP contribution in [0.5, 0.6) is 11.5 Å². The summed E-state index contributed by atoms with van der Waals surface area (Å²) in [5, 5.41) is 50.3. The van der Waals surface area contributed by atoms with Crippen molar-refractivity contribution < 1.29 is 60.4 Å². The monoisotopic (exact) mass is 376 g/mol. The van der Waals surface area contributed by atoms with E-state index >= 15 is 0 Å². The van der Waals surface area contributed by atoms with E-state index in [9.17, 15) is 0 Å². The Morgan fingerprint density at radius 1 is 0.577 bits per heavy atom. The normalized spacial score (nSPS) is 8.08. The van der Waals surface area contributed by atoms with E-state index in [1.54, 1.807) is 48.5 Å². The molecule has 0 aromatic heterocycles. The van der Waals surface area contributed by atoms with E-state index < -0.39 is 12.3 Å². The predicted octanol–water partition coefficient (Wildman–Crippen LogP) is 3.38. The zero-order valence-corrected chi connectivity index (χ0v) is 12.9. The van der Waals surface area contributed by atoms with Crippen LogP contribution in [0.1, 0.15) is 0 Å². The second kappa shape index (κ2) is 17.8. The molecule has 0 aliphatic rings. The van der Waals surface area contributed by atoms with E-state index in [4.69, 9.17) is 40.5 Å². The highest BCUT2D eigenvalue weighted by Gasteiger charge is 1.87. The summed E-state index contributed by atoms with van der Waals surface area (Å²) in [6.07, 6.45) is -3.67. The molecular weight excluding hydrogens is 360 g/mol. The number of para-hydroxylation sites is 2. The third-order valence-corrected chi connectivity index (χ3v) is 1.75. The van der Waals surface area contributed by atoms with Gasteiger partial charge in [0.1, 0.15) is 0 Å². The fourth-order valence-corrected chi connectivity index (χ4v) is 1.04. The molecule has 2 aromatic rings. The summed E-state index contributed by atoms with van der Waals surface area (Å²) in [7, 11) is 0.